The van der Waals surface area contributed by atoms with Crippen LogP contribution in [0.15, 0.2) is 53.7 Å². The van der Waals surface area contributed by atoms with Crippen LogP contribution in [0, 0.1) is 11.3 Å². The quantitative estimate of drug-likeness (QED) is 0.481. The molecular formula is C19H16N4O2S2. The minimum atomic E-state index is -0.633. The minimum Gasteiger partial charge on any atom is -0.491 e. The second-order valence-electron chi connectivity index (χ2n) is 5.93. The zero-order valence-electron chi connectivity index (χ0n) is 14.3. The van der Waals surface area contributed by atoms with Gasteiger partial charge in [0.1, 0.15) is 12.4 Å². The minimum absolute atomic E-state index is 0.191. The maximum Gasteiger partial charge on any atom is 0.217 e. The highest BCUT2D eigenvalue weighted by Gasteiger charge is 2.14. The summed E-state index contributed by atoms with van der Waals surface area (Å²) in [6.45, 7) is 0.191. The molecule has 0 radical (unpaired) electrons. The summed E-state index contributed by atoms with van der Waals surface area (Å²) in [5.74, 6) is 1.13. The molecule has 0 aliphatic rings. The van der Waals surface area contributed by atoms with E-state index in [1.807, 2.05) is 46.9 Å². The van der Waals surface area contributed by atoms with Crippen molar-refractivity contribution in [2.24, 2.45) is 0 Å². The van der Waals surface area contributed by atoms with E-state index in [1.165, 1.54) is 11.8 Å². The number of nitrogens with zero attached hydrogens (tertiary/aromatic N) is 4. The summed E-state index contributed by atoms with van der Waals surface area (Å²) < 4.78 is 8.81. The number of nitriles is 1. The summed E-state index contributed by atoms with van der Waals surface area (Å²) in [4.78, 5) is 0.849. The van der Waals surface area contributed by atoms with Crippen LogP contribution in [-0.2, 0) is 6.42 Å². The Bertz CT molecular complexity index is 1100. The number of ether oxygens (including phenoxy) is 1. The Balaban J connectivity index is 1.36. The lowest BCUT2D eigenvalue weighted by atomic mass is 10.2. The molecule has 2 aromatic heterocycles. The van der Waals surface area contributed by atoms with E-state index in [0.717, 1.165) is 25.9 Å². The standard InChI is InChI=1S/C19H16N4O2S2/c20-10-9-13-5-7-15(8-6-13)25-11-14(24)12-26-18-21-22-19-23(18)16-3-1-2-4-17(16)27-19/h1-8,14,24H,9,11-12H2. The molecule has 1 unspecified atom stereocenters. The molecule has 1 N–H and O–H groups in total. The van der Waals surface area contributed by atoms with E-state index in [1.54, 1.807) is 11.3 Å². The van der Waals surface area contributed by atoms with Gasteiger partial charge in [0, 0.05) is 5.75 Å². The smallest absolute Gasteiger partial charge is 0.217 e. The first-order chi connectivity index (χ1) is 13.2. The molecule has 4 rings (SSSR count). The number of para-hydroxylation sites is 1. The lowest BCUT2D eigenvalue weighted by Crippen LogP contribution is -2.20. The van der Waals surface area contributed by atoms with Crippen LogP contribution in [-0.4, -0.2) is 38.2 Å². The highest BCUT2D eigenvalue weighted by Crippen LogP contribution is 2.29. The molecule has 0 bridgehead atoms. The van der Waals surface area contributed by atoms with Crippen molar-refractivity contribution in [2.45, 2.75) is 17.7 Å². The Labute approximate surface area is 164 Å². The Morgan fingerprint density at radius 1 is 1.19 bits per heavy atom. The van der Waals surface area contributed by atoms with E-state index >= 15 is 0 Å². The van der Waals surface area contributed by atoms with Gasteiger partial charge < -0.3 is 9.84 Å². The van der Waals surface area contributed by atoms with Gasteiger partial charge in [-0.1, -0.05) is 47.4 Å². The van der Waals surface area contributed by atoms with Gasteiger partial charge in [-0.3, -0.25) is 4.40 Å². The first kappa shape index (κ1) is 17.8. The predicted molar refractivity (Wildman–Crippen MR) is 106 cm³/mol. The van der Waals surface area contributed by atoms with Gasteiger partial charge in [-0.15, -0.1) is 10.2 Å². The van der Waals surface area contributed by atoms with Gasteiger partial charge in [0.15, 0.2) is 5.16 Å². The van der Waals surface area contributed by atoms with Crippen LogP contribution in [0.2, 0.25) is 0 Å². The Hall–Kier alpha value is -2.60. The molecule has 27 heavy (non-hydrogen) atoms. The normalized spacial score (nSPS) is 12.3. The zero-order chi connectivity index (χ0) is 18.6. The second kappa shape index (κ2) is 7.96. The number of fused-ring (bicyclic) bond motifs is 3. The molecule has 2 heterocycles. The van der Waals surface area contributed by atoms with E-state index in [2.05, 4.69) is 22.3 Å². The summed E-state index contributed by atoms with van der Waals surface area (Å²) in [5, 5.41) is 28.1. The van der Waals surface area contributed by atoms with E-state index in [9.17, 15) is 5.11 Å². The molecule has 136 valence electrons. The number of thiazole rings is 1. The highest BCUT2D eigenvalue weighted by atomic mass is 32.2. The average molecular weight is 396 g/mol. The monoisotopic (exact) mass is 396 g/mol. The van der Waals surface area contributed by atoms with Crippen LogP contribution in [0.25, 0.3) is 15.2 Å². The van der Waals surface area contributed by atoms with Crippen molar-refractivity contribution in [3.05, 3.63) is 54.1 Å². The highest BCUT2D eigenvalue weighted by molar-refractivity contribution is 7.99. The summed E-state index contributed by atoms with van der Waals surface area (Å²) in [5.41, 5.74) is 2.02. The Morgan fingerprint density at radius 2 is 2.00 bits per heavy atom. The molecule has 2 aromatic carbocycles. The zero-order valence-corrected chi connectivity index (χ0v) is 15.9. The number of aliphatic hydroxyl groups is 1. The molecule has 1 atom stereocenters. The van der Waals surface area contributed by atoms with Crippen molar-refractivity contribution >= 4 is 38.3 Å². The molecule has 0 amide bonds. The summed E-state index contributed by atoms with van der Waals surface area (Å²) >= 11 is 3.06. The van der Waals surface area contributed by atoms with Gasteiger partial charge in [-0.25, -0.2) is 0 Å². The van der Waals surface area contributed by atoms with Crippen LogP contribution in [0.3, 0.4) is 0 Å². The largest absolute Gasteiger partial charge is 0.491 e. The van der Waals surface area contributed by atoms with Gasteiger partial charge in [0.05, 0.1) is 28.8 Å². The fourth-order valence-electron chi connectivity index (χ4n) is 2.65. The molecular weight excluding hydrogens is 380 g/mol. The van der Waals surface area contributed by atoms with E-state index < -0.39 is 6.10 Å². The third kappa shape index (κ3) is 3.90. The van der Waals surface area contributed by atoms with Crippen molar-refractivity contribution in [3.63, 3.8) is 0 Å². The summed E-state index contributed by atoms with van der Waals surface area (Å²) in [6, 6.07) is 17.6. The van der Waals surface area contributed by atoms with Crippen LogP contribution in [0.4, 0.5) is 0 Å². The number of rotatable bonds is 7. The molecule has 6 nitrogen and oxygen atoms in total. The number of aromatic nitrogens is 3. The van der Waals surface area contributed by atoms with Gasteiger partial charge >= 0.3 is 0 Å². The number of hydrogen-bond acceptors (Lipinski definition) is 7. The van der Waals surface area contributed by atoms with E-state index in [-0.39, 0.29) is 6.61 Å². The SMILES string of the molecule is N#CCc1ccc(OCC(O)CSc2nnc3sc4ccccc4n23)cc1. The fraction of sp³-hybridized carbons (Fsp3) is 0.211. The van der Waals surface area contributed by atoms with Crippen molar-refractivity contribution in [1.82, 2.24) is 14.6 Å². The lowest BCUT2D eigenvalue weighted by Gasteiger charge is -2.11. The molecule has 8 heteroatoms. The molecule has 0 aliphatic carbocycles. The first-order valence-electron chi connectivity index (χ1n) is 8.37. The summed E-state index contributed by atoms with van der Waals surface area (Å²) in [7, 11) is 0. The molecule has 0 fully saturated rings. The molecule has 0 aliphatic heterocycles. The predicted octanol–water partition coefficient (Wildman–Crippen LogP) is 3.54. The molecule has 0 saturated carbocycles. The molecule has 0 saturated heterocycles. The first-order valence-corrected chi connectivity index (χ1v) is 10.2. The Kier molecular flexibility index (Phi) is 5.25. The van der Waals surface area contributed by atoms with Crippen LogP contribution in [0.1, 0.15) is 5.56 Å². The van der Waals surface area contributed by atoms with Gasteiger partial charge in [0.2, 0.25) is 4.96 Å². The van der Waals surface area contributed by atoms with E-state index in [0.29, 0.717) is 17.9 Å². The number of thioether (sulfide) groups is 1. The molecule has 0 spiro atoms. The number of benzene rings is 2. The van der Waals surface area contributed by atoms with Crippen molar-refractivity contribution < 1.29 is 9.84 Å². The average Bonchev–Trinajstić information content (AvgIpc) is 3.25. The number of aliphatic hydroxyl groups excluding tert-OH is 1. The Morgan fingerprint density at radius 3 is 2.81 bits per heavy atom. The van der Waals surface area contributed by atoms with Crippen molar-refractivity contribution in [2.75, 3.05) is 12.4 Å². The fourth-order valence-corrected chi connectivity index (χ4v) is 4.53. The molecule has 4 aromatic rings. The van der Waals surface area contributed by atoms with Crippen LogP contribution < -0.4 is 4.74 Å². The van der Waals surface area contributed by atoms with Crippen molar-refractivity contribution in [1.29, 1.82) is 5.26 Å². The lowest BCUT2D eigenvalue weighted by molar-refractivity contribution is 0.126. The van der Waals surface area contributed by atoms with Crippen molar-refractivity contribution in [3.8, 4) is 11.8 Å². The van der Waals surface area contributed by atoms with Crippen LogP contribution in [0.5, 0.6) is 5.75 Å². The second-order valence-corrected chi connectivity index (χ2v) is 7.92. The van der Waals surface area contributed by atoms with Gasteiger partial charge in [-0.2, -0.15) is 5.26 Å². The maximum absolute atomic E-state index is 10.2. The van der Waals surface area contributed by atoms with Gasteiger partial charge in [-0.05, 0) is 29.8 Å². The maximum atomic E-state index is 10.2. The van der Waals surface area contributed by atoms with Gasteiger partial charge in [0.25, 0.3) is 0 Å². The number of hydrogen-bond donors (Lipinski definition) is 1. The topological polar surface area (TPSA) is 83.4 Å². The van der Waals surface area contributed by atoms with Crippen LogP contribution >= 0.6 is 23.1 Å². The third-order valence-corrected chi connectivity index (χ3v) is 6.05. The summed E-state index contributed by atoms with van der Waals surface area (Å²) in [6.07, 6.45) is -0.255. The third-order valence-electron chi connectivity index (χ3n) is 3.96. The van der Waals surface area contributed by atoms with E-state index in [4.69, 9.17) is 10.00 Å².